The van der Waals surface area contributed by atoms with Gasteiger partial charge in [-0.2, -0.15) is 0 Å². The number of rotatable bonds is 4. The molecule has 0 radical (unpaired) electrons. The van der Waals surface area contributed by atoms with E-state index in [2.05, 4.69) is 15.2 Å². The smallest absolute Gasteiger partial charge is 0.272 e. The van der Waals surface area contributed by atoms with Crippen LogP contribution in [0.4, 0.5) is 0 Å². The second kappa shape index (κ2) is 6.63. The summed E-state index contributed by atoms with van der Waals surface area (Å²) in [6, 6.07) is 5.55. The first kappa shape index (κ1) is 14.0. The van der Waals surface area contributed by atoms with Crippen LogP contribution < -0.4 is 5.32 Å². The van der Waals surface area contributed by atoms with E-state index in [9.17, 15) is 4.79 Å². The number of hydrogen-bond donors (Lipinski definition) is 1. The Labute approximate surface area is 114 Å². The van der Waals surface area contributed by atoms with E-state index in [4.69, 9.17) is 0 Å². The van der Waals surface area contributed by atoms with Crippen molar-refractivity contribution in [1.82, 2.24) is 20.1 Å². The summed E-state index contributed by atoms with van der Waals surface area (Å²) in [5, 5.41) is 3.32. The standard InChI is InChI=1S/C14H22N4O/c1-12-4-3-5-13(16-12)14(19)17(2)10-11-18-8-6-15-7-9-18/h3-5,15H,6-11H2,1-2H3. The van der Waals surface area contributed by atoms with Crippen LogP contribution in [0.5, 0.6) is 0 Å². The van der Waals surface area contributed by atoms with Gasteiger partial charge in [-0.3, -0.25) is 9.69 Å². The first-order chi connectivity index (χ1) is 9.16. The fraction of sp³-hybridized carbons (Fsp3) is 0.571. The average molecular weight is 262 g/mol. The molecule has 1 aromatic heterocycles. The monoisotopic (exact) mass is 262 g/mol. The number of carbonyl (C=O) groups is 1. The van der Waals surface area contributed by atoms with Crippen molar-refractivity contribution in [3.05, 3.63) is 29.6 Å². The summed E-state index contributed by atoms with van der Waals surface area (Å²) in [4.78, 5) is 20.6. The zero-order chi connectivity index (χ0) is 13.7. The van der Waals surface area contributed by atoms with Gasteiger partial charge in [0.15, 0.2) is 0 Å². The molecule has 1 saturated heterocycles. The third-order valence-electron chi connectivity index (χ3n) is 3.42. The molecule has 19 heavy (non-hydrogen) atoms. The first-order valence-electron chi connectivity index (χ1n) is 6.79. The number of hydrogen-bond acceptors (Lipinski definition) is 4. The number of nitrogens with zero attached hydrogens (tertiary/aromatic N) is 3. The number of pyridine rings is 1. The number of nitrogens with one attached hydrogen (secondary N) is 1. The van der Waals surface area contributed by atoms with E-state index in [1.807, 2.05) is 26.1 Å². The van der Waals surface area contributed by atoms with E-state index < -0.39 is 0 Å². The Kier molecular flexibility index (Phi) is 4.87. The number of piperazine rings is 1. The van der Waals surface area contributed by atoms with Crippen LogP contribution in [0, 0.1) is 6.92 Å². The largest absolute Gasteiger partial charge is 0.339 e. The maximum Gasteiger partial charge on any atom is 0.272 e. The highest BCUT2D eigenvalue weighted by Crippen LogP contribution is 2.02. The number of aryl methyl sites for hydroxylation is 1. The predicted octanol–water partition coefficient (Wildman–Crippen LogP) is 0.367. The second-order valence-corrected chi connectivity index (χ2v) is 4.98. The summed E-state index contributed by atoms with van der Waals surface area (Å²) in [5.74, 6) is -0.00108. The van der Waals surface area contributed by atoms with E-state index in [1.165, 1.54) is 0 Å². The first-order valence-corrected chi connectivity index (χ1v) is 6.79. The van der Waals surface area contributed by atoms with Gasteiger partial charge in [-0.15, -0.1) is 0 Å². The molecule has 0 saturated carbocycles. The number of carbonyl (C=O) groups excluding carboxylic acids is 1. The van der Waals surface area contributed by atoms with Crippen molar-refractivity contribution >= 4 is 5.91 Å². The fourth-order valence-electron chi connectivity index (χ4n) is 2.19. The summed E-state index contributed by atoms with van der Waals surface area (Å²) >= 11 is 0. The van der Waals surface area contributed by atoms with Gasteiger partial charge >= 0.3 is 0 Å². The highest BCUT2D eigenvalue weighted by Gasteiger charge is 2.15. The van der Waals surface area contributed by atoms with Gasteiger partial charge in [0.2, 0.25) is 0 Å². The topological polar surface area (TPSA) is 48.5 Å². The molecule has 1 N–H and O–H groups in total. The highest BCUT2D eigenvalue weighted by atomic mass is 16.2. The second-order valence-electron chi connectivity index (χ2n) is 4.98. The van der Waals surface area contributed by atoms with Crippen molar-refractivity contribution in [3.63, 3.8) is 0 Å². The molecular weight excluding hydrogens is 240 g/mol. The Bertz CT molecular complexity index is 429. The van der Waals surface area contributed by atoms with Crippen molar-refractivity contribution in [1.29, 1.82) is 0 Å². The molecule has 1 fully saturated rings. The minimum Gasteiger partial charge on any atom is -0.339 e. The molecule has 2 heterocycles. The van der Waals surface area contributed by atoms with Gasteiger partial charge in [0.1, 0.15) is 5.69 Å². The molecule has 1 aliphatic heterocycles. The van der Waals surface area contributed by atoms with Crippen LogP contribution in [0.3, 0.4) is 0 Å². The van der Waals surface area contributed by atoms with Crippen LogP contribution in [0.25, 0.3) is 0 Å². The lowest BCUT2D eigenvalue weighted by Gasteiger charge is -2.29. The van der Waals surface area contributed by atoms with Gasteiger partial charge in [-0.25, -0.2) is 4.98 Å². The SMILES string of the molecule is Cc1cccc(C(=O)N(C)CCN2CCNCC2)n1. The maximum atomic E-state index is 12.2. The van der Waals surface area contributed by atoms with Crippen molar-refractivity contribution in [2.45, 2.75) is 6.92 Å². The number of amides is 1. The molecule has 0 atom stereocenters. The van der Waals surface area contributed by atoms with Crippen LogP contribution >= 0.6 is 0 Å². The van der Waals surface area contributed by atoms with Gasteiger partial charge in [0.25, 0.3) is 5.91 Å². The summed E-state index contributed by atoms with van der Waals surface area (Å²) in [6.07, 6.45) is 0. The van der Waals surface area contributed by atoms with E-state index in [0.29, 0.717) is 5.69 Å². The molecule has 0 aliphatic carbocycles. The normalized spacial score (nSPS) is 16.3. The Balaban J connectivity index is 1.85. The quantitative estimate of drug-likeness (QED) is 0.851. The van der Waals surface area contributed by atoms with Crippen molar-refractivity contribution in [3.8, 4) is 0 Å². The Morgan fingerprint density at radius 2 is 2.16 bits per heavy atom. The van der Waals surface area contributed by atoms with Gasteiger partial charge < -0.3 is 10.2 Å². The van der Waals surface area contributed by atoms with Gasteiger partial charge in [-0.05, 0) is 19.1 Å². The third kappa shape index (κ3) is 4.01. The maximum absolute atomic E-state index is 12.2. The third-order valence-corrected chi connectivity index (χ3v) is 3.42. The van der Waals surface area contributed by atoms with E-state index >= 15 is 0 Å². The molecule has 0 unspecified atom stereocenters. The van der Waals surface area contributed by atoms with Crippen LogP contribution in [-0.2, 0) is 0 Å². The molecule has 5 nitrogen and oxygen atoms in total. The predicted molar refractivity (Wildman–Crippen MR) is 75.2 cm³/mol. The van der Waals surface area contributed by atoms with Crippen molar-refractivity contribution in [2.75, 3.05) is 46.3 Å². The van der Waals surface area contributed by atoms with E-state index in [1.54, 1.807) is 11.0 Å². The van der Waals surface area contributed by atoms with Gasteiger partial charge in [0.05, 0.1) is 0 Å². The number of aromatic nitrogens is 1. The lowest BCUT2D eigenvalue weighted by atomic mass is 10.3. The molecule has 1 aliphatic rings. The highest BCUT2D eigenvalue weighted by molar-refractivity contribution is 5.92. The molecule has 1 aromatic rings. The summed E-state index contributed by atoms with van der Waals surface area (Å²) < 4.78 is 0. The van der Waals surface area contributed by atoms with Crippen molar-refractivity contribution in [2.24, 2.45) is 0 Å². The zero-order valence-electron chi connectivity index (χ0n) is 11.7. The molecule has 1 amide bonds. The van der Waals surface area contributed by atoms with E-state index in [0.717, 1.165) is 45.0 Å². The molecule has 0 aromatic carbocycles. The summed E-state index contributed by atoms with van der Waals surface area (Å²) in [5.41, 5.74) is 1.41. The van der Waals surface area contributed by atoms with Crippen molar-refractivity contribution < 1.29 is 4.79 Å². The number of likely N-dealkylation sites (N-methyl/N-ethyl adjacent to an activating group) is 1. The molecule has 2 rings (SSSR count). The Morgan fingerprint density at radius 1 is 1.42 bits per heavy atom. The summed E-state index contributed by atoms with van der Waals surface area (Å²) in [7, 11) is 1.84. The summed E-state index contributed by atoms with van der Waals surface area (Å²) in [6.45, 7) is 7.77. The molecule has 5 heteroatoms. The molecule has 104 valence electrons. The molecular formula is C14H22N4O. The van der Waals surface area contributed by atoms with Crippen LogP contribution in [-0.4, -0.2) is 67.0 Å². The van der Waals surface area contributed by atoms with Gasteiger partial charge in [0, 0.05) is 52.0 Å². The Hall–Kier alpha value is -1.46. The fourth-order valence-corrected chi connectivity index (χ4v) is 2.19. The minimum atomic E-state index is -0.00108. The molecule has 0 bridgehead atoms. The zero-order valence-corrected chi connectivity index (χ0v) is 11.7. The van der Waals surface area contributed by atoms with Crippen LogP contribution in [0.2, 0.25) is 0 Å². The van der Waals surface area contributed by atoms with E-state index in [-0.39, 0.29) is 5.91 Å². The Morgan fingerprint density at radius 3 is 2.84 bits per heavy atom. The van der Waals surface area contributed by atoms with Crippen LogP contribution in [0.1, 0.15) is 16.2 Å². The lowest BCUT2D eigenvalue weighted by Crippen LogP contribution is -2.46. The van der Waals surface area contributed by atoms with Crippen LogP contribution in [0.15, 0.2) is 18.2 Å². The lowest BCUT2D eigenvalue weighted by molar-refractivity contribution is 0.0769. The minimum absolute atomic E-state index is 0.00108. The average Bonchev–Trinajstić information content (AvgIpc) is 2.45. The van der Waals surface area contributed by atoms with Gasteiger partial charge in [-0.1, -0.05) is 6.07 Å². The molecule has 0 spiro atoms.